The van der Waals surface area contributed by atoms with E-state index in [9.17, 15) is 144 Å². The Kier molecular flexibility index (Phi) is 31.9. The van der Waals surface area contributed by atoms with E-state index in [2.05, 4.69) is 0 Å². The molecule has 2 aromatic carbocycles. The highest BCUT2D eigenvalue weighted by molar-refractivity contribution is 5.85. The fraction of sp³-hybridized carbons (Fsp3) is 0.677. The Hall–Kier alpha value is -7.64. The predicted octanol–water partition coefficient (Wildman–Crippen LogP) is 8.10. The molecular weight excluding hydrogens is 1500 g/mol. The Morgan fingerprint density at radius 3 is 0.434 bits per heavy atom. The summed E-state index contributed by atoms with van der Waals surface area (Å²) >= 11 is 0. The van der Waals surface area contributed by atoms with Crippen molar-refractivity contribution in [3.63, 3.8) is 0 Å². The molecule has 20 nitrogen and oxygen atoms in total. The van der Waals surface area contributed by atoms with Gasteiger partial charge >= 0.3 is 96.7 Å². The third kappa shape index (κ3) is 28.8. The molecule has 3 aliphatic rings. The highest BCUT2D eigenvalue weighted by Gasteiger charge is 2.50. The van der Waals surface area contributed by atoms with Gasteiger partial charge in [-0.2, -0.15) is 105 Å². The molecular formula is C62H76F24N12O8. The maximum atomic E-state index is 14.1. The zero-order valence-electron chi connectivity index (χ0n) is 56.4. The van der Waals surface area contributed by atoms with Crippen molar-refractivity contribution >= 4 is 47.3 Å². The molecule has 8 amide bonds. The molecule has 2 aromatic rings. The minimum atomic E-state index is -5.59. The third-order valence-corrected chi connectivity index (χ3v) is 17.3. The van der Waals surface area contributed by atoms with Gasteiger partial charge in [-0.3, -0.25) is 58.0 Å². The second-order valence-corrected chi connectivity index (χ2v) is 25.2. The quantitative estimate of drug-likeness (QED) is 0.233. The Bertz CT molecular complexity index is 3020. The van der Waals surface area contributed by atoms with Crippen LogP contribution in [0.1, 0.15) is 60.8 Å². The lowest BCUT2D eigenvalue weighted by Gasteiger charge is -2.33. The SMILES string of the molecule is O=C(N1CCCN(C(=O)C(F)(F)F)CCN(Cc2ccc(CN3CCCN(C(=O)C(F)(F)F)CCN(C(=O)C(F)(F)F)CCCN(C(=O)C(F)(F)F)CC3)cc2)CCCN(Cc2ccc(CN3CCCN(C(=O)C(F)(F)F)CCN(C(=O)C(F)(F)F)CCCN(C(=O)C(F)(F)F)CC3)cc2)CC1)C(F)(F)F. The van der Waals surface area contributed by atoms with Gasteiger partial charge < -0.3 is 39.2 Å². The first kappa shape index (κ1) is 89.0. The van der Waals surface area contributed by atoms with E-state index in [4.69, 9.17) is 0 Å². The van der Waals surface area contributed by atoms with E-state index >= 15 is 0 Å². The van der Waals surface area contributed by atoms with Gasteiger partial charge in [0, 0.05) is 170 Å². The number of rotatable bonds is 8. The smallest absolute Gasteiger partial charge is 0.334 e. The van der Waals surface area contributed by atoms with Gasteiger partial charge in [0.15, 0.2) is 0 Å². The summed E-state index contributed by atoms with van der Waals surface area (Å²) in [6, 6.07) is 12.0. The number of carbonyl (C=O) groups excluding carboxylic acids is 8. The molecule has 44 heteroatoms. The second kappa shape index (κ2) is 37.9. The van der Waals surface area contributed by atoms with Gasteiger partial charge in [-0.05, 0) is 73.9 Å². The molecule has 600 valence electrons. The van der Waals surface area contributed by atoms with E-state index in [0.29, 0.717) is 32.1 Å². The lowest BCUT2D eigenvalue weighted by molar-refractivity contribution is -0.189. The number of nitrogens with zero attached hydrogens (tertiary/aromatic N) is 12. The van der Waals surface area contributed by atoms with E-state index in [1.54, 1.807) is 9.80 Å². The minimum Gasteiger partial charge on any atom is -0.334 e. The fourth-order valence-corrected chi connectivity index (χ4v) is 11.9. The van der Waals surface area contributed by atoms with E-state index < -0.39 is 247 Å². The zero-order chi connectivity index (χ0) is 79.6. The Labute approximate surface area is 590 Å². The molecule has 0 aliphatic carbocycles. The molecule has 0 atom stereocenters. The van der Waals surface area contributed by atoms with Gasteiger partial charge in [-0.1, -0.05) is 48.5 Å². The second-order valence-electron chi connectivity index (χ2n) is 25.2. The molecule has 0 aromatic heterocycles. The molecule has 0 unspecified atom stereocenters. The number of amides is 8. The number of carbonyl (C=O) groups is 8. The van der Waals surface area contributed by atoms with Gasteiger partial charge in [0.05, 0.1) is 0 Å². The lowest BCUT2D eigenvalue weighted by atomic mass is 10.1. The maximum Gasteiger partial charge on any atom is 0.471 e. The summed E-state index contributed by atoms with van der Waals surface area (Å²) in [5.74, 6) is -19.6. The van der Waals surface area contributed by atoms with E-state index in [1.165, 1.54) is 58.3 Å². The molecule has 0 bridgehead atoms. The predicted molar refractivity (Wildman–Crippen MR) is 323 cm³/mol. The van der Waals surface area contributed by atoms with Gasteiger partial charge in [0.1, 0.15) is 0 Å². The summed E-state index contributed by atoms with van der Waals surface area (Å²) in [5.41, 5.74) is 1.60. The van der Waals surface area contributed by atoms with Crippen LogP contribution in [0.2, 0.25) is 0 Å². The van der Waals surface area contributed by atoms with Crippen molar-refractivity contribution in [2.24, 2.45) is 0 Å². The van der Waals surface area contributed by atoms with Crippen LogP contribution in [0.15, 0.2) is 48.5 Å². The van der Waals surface area contributed by atoms with Crippen LogP contribution in [0.4, 0.5) is 105 Å². The number of hydrogen-bond acceptors (Lipinski definition) is 12. The topological polar surface area (TPSA) is 175 Å². The van der Waals surface area contributed by atoms with Gasteiger partial charge in [-0.15, -0.1) is 0 Å². The largest absolute Gasteiger partial charge is 0.471 e. The normalized spacial score (nSPS) is 19.1. The highest BCUT2D eigenvalue weighted by Crippen LogP contribution is 2.28. The summed E-state index contributed by atoms with van der Waals surface area (Å²) in [5, 5.41) is 0. The average molecular weight is 1570 g/mol. The van der Waals surface area contributed by atoms with Crippen molar-refractivity contribution in [1.82, 2.24) is 58.8 Å². The number of alkyl halides is 24. The molecule has 0 saturated carbocycles. The van der Waals surface area contributed by atoms with Crippen LogP contribution in [0, 0.1) is 0 Å². The van der Waals surface area contributed by atoms with Crippen LogP contribution < -0.4 is 0 Å². The molecule has 0 N–H and O–H groups in total. The van der Waals surface area contributed by atoms with Crippen molar-refractivity contribution in [3.8, 4) is 0 Å². The minimum absolute atomic E-state index is 0.00906. The van der Waals surface area contributed by atoms with Crippen molar-refractivity contribution < 1.29 is 144 Å². The number of benzene rings is 2. The van der Waals surface area contributed by atoms with Crippen LogP contribution in [0.3, 0.4) is 0 Å². The van der Waals surface area contributed by atoms with Crippen LogP contribution in [-0.2, 0) is 64.5 Å². The summed E-state index contributed by atoms with van der Waals surface area (Å²) in [4.78, 5) is 108. The molecule has 0 radical (unpaired) electrons. The fourth-order valence-electron chi connectivity index (χ4n) is 11.9. The van der Waals surface area contributed by atoms with Crippen molar-refractivity contribution in [2.75, 3.05) is 157 Å². The summed E-state index contributed by atoms with van der Waals surface area (Å²) in [7, 11) is 0. The van der Waals surface area contributed by atoms with Gasteiger partial charge in [0.25, 0.3) is 0 Å². The highest BCUT2D eigenvalue weighted by atomic mass is 19.4. The zero-order valence-corrected chi connectivity index (χ0v) is 56.4. The number of hydrogen-bond donors (Lipinski definition) is 0. The molecule has 3 saturated heterocycles. The first-order valence-electron chi connectivity index (χ1n) is 32.9. The Balaban J connectivity index is 1.40. The standard InChI is InChI=1S/C62H76F24N12O8/c63-55(64,65)47(99)91-21-4-22-92(48(100)56(66,67)68)32-28-88(40-44-9-13-46(14-10-44)42-90-18-3-20-96(52(104)60(78,79)80)36-38-98(54(106)62(84,85)86)26-6-24-94(34-30-90)50(102)58(72,73)74)16-1-15-87(27-31-91)39-43-7-11-45(12-8-43)41-89-17-2-19-95(51(103)59(75,76)77)35-37-97(53(105)61(81,82)83)25-5-23-93(33-29-89)49(101)57(69,70)71/h7-14H,1-6,15-42H2. The molecule has 0 spiro atoms. The van der Waals surface area contributed by atoms with E-state index in [1.807, 2.05) is 0 Å². The lowest BCUT2D eigenvalue weighted by Crippen LogP contribution is -2.50. The number of halogens is 24. The van der Waals surface area contributed by atoms with Crippen LogP contribution >= 0.6 is 0 Å². The maximum absolute atomic E-state index is 14.1. The molecule has 106 heavy (non-hydrogen) atoms. The van der Waals surface area contributed by atoms with Crippen LogP contribution in [0.25, 0.3) is 0 Å². The van der Waals surface area contributed by atoms with Crippen LogP contribution in [-0.4, -0.2) is 313 Å². The van der Waals surface area contributed by atoms with Crippen molar-refractivity contribution in [2.45, 2.75) is 114 Å². The van der Waals surface area contributed by atoms with E-state index in [-0.39, 0.29) is 101 Å². The monoisotopic (exact) mass is 1570 g/mol. The van der Waals surface area contributed by atoms with Crippen molar-refractivity contribution in [3.05, 3.63) is 70.8 Å². The van der Waals surface area contributed by atoms with E-state index in [0.717, 1.165) is 0 Å². The molecule has 3 heterocycles. The average Bonchev–Trinajstić information content (AvgIpc) is 0.835. The van der Waals surface area contributed by atoms with Crippen molar-refractivity contribution in [1.29, 1.82) is 0 Å². The summed E-state index contributed by atoms with van der Waals surface area (Å²) in [6.07, 6.45) is -47.0. The van der Waals surface area contributed by atoms with Crippen LogP contribution in [0.5, 0.6) is 0 Å². The molecule has 3 fully saturated rings. The first-order valence-corrected chi connectivity index (χ1v) is 32.9. The summed E-state index contributed by atoms with van der Waals surface area (Å²) in [6.45, 7) is -17.1. The Morgan fingerprint density at radius 1 is 0.189 bits per heavy atom. The van der Waals surface area contributed by atoms with Gasteiger partial charge in [0.2, 0.25) is 0 Å². The third-order valence-electron chi connectivity index (χ3n) is 17.3. The summed E-state index contributed by atoms with van der Waals surface area (Å²) < 4.78 is 331. The first-order chi connectivity index (χ1) is 48.9. The molecule has 5 rings (SSSR count). The Morgan fingerprint density at radius 2 is 0.302 bits per heavy atom. The molecule has 3 aliphatic heterocycles. The van der Waals surface area contributed by atoms with Gasteiger partial charge in [-0.25, -0.2) is 0 Å².